The molecule has 0 N–H and O–H groups in total. The molecule has 58 valence electrons. The van der Waals surface area contributed by atoms with Crippen LogP contribution in [0.1, 0.15) is 11.1 Å². The van der Waals surface area contributed by atoms with Crippen LogP contribution in [0.15, 0.2) is 24.3 Å². The second-order valence-electron chi connectivity index (χ2n) is 2.93. The number of ether oxygens (including phenoxy) is 1. The van der Waals surface area contributed by atoms with Gasteiger partial charge in [-0.05, 0) is 24.0 Å². The minimum atomic E-state index is 0.878. The first-order valence-corrected chi connectivity index (χ1v) is 4.11. The van der Waals surface area contributed by atoms with Crippen molar-refractivity contribution in [1.82, 2.24) is 0 Å². The smallest absolute Gasteiger partial charge is 0.0506 e. The Hall–Kier alpha value is -0.820. The van der Waals surface area contributed by atoms with Crippen LogP contribution in [0.3, 0.4) is 0 Å². The third kappa shape index (κ3) is 1.60. The molecule has 0 amide bonds. The zero-order chi connectivity index (χ0) is 7.52. The number of hydrogen-bond acceptors (Lipinski definition) is 1. The molecule has 0 saturated heterocycles. The van der Waals surface area contributed by atoms with Crippen molar-refractivity contribution in [2.45, 2.75) is 12.8 Å². The lowest BCUT2D eigenvalue weighted by Crippen LogP contribution is -2.06. The van der Waals surface area contributed by atoms with Crippen molar-refractivity contribution in [2.75, 3.05) is 13.2 Å². The van der Waals surface area contributed by atoms with E-state index in [1.807, 2.05) is 0 Å². The molecule has 0 aromatic heterocycles. The zero-order valence-electron chi connectivity index (χ0n) is 6.55. The van der Waals surface area contributed by atoms with Gasteiger partial charge in [0.25, 0.3) is 0 Å². The van der Waals surface area contributed by atoms with Crippen molar-refractivity contribution in [3.05, 3.63) is 35.4 Å². The predicted molar refractivity (Wildman–Crippen MR) is 44.7 cm³/mol. The molecule has 0 unspecified atom stereocenters. The molecule has 0 saturated carbocycles. The molecule has 11 heavy (non-hydrogen) atoms. The summed E-state index contributed by atoms with van der Waals surface area (Å²) in [5.41, 5.74) is 2.81. The fourth-order valence-corrected chi connectivity index (χ4v) is 1.42. The maximum absolute atomic E-state index is 5.40. The van der Waals surface area contributed by atoms with Gasteiger partial charge in [-0.2, -0.15) is 0 Å². The maximum atomic E-state index is 5.40. The molecular weight excluding hydrogens is 136 g/mol. The van der Waals surface area contributed by atoms with Gasteiger partial charge in [-0.3, -0.25) is 0 Å². The molecule has 1 aliphatic rings. The van der Waals surface area contributed by atoms with Crippen LogP contribution < -0.4 is 0 Å². The summed E-state index contributed by atoms with van der Waals surface area (Å²) in [4.78, 5) is 0. The summed E-state index contributed by atoms with van der Waals surface area (Å²) in [6.07, 6.45) is 2.13. The first-order chi connectivity index (χ1) is 5.45. The van der Waals surface area contributed by atoms with Gasteiger partial charge in [-0.25, -0.2) is 0 Å². The fourth-order valence-electron chi connectivity index (χ4n) is 1.42. The van der Waals surface area contributed by atoms with Crippen LogP contribution in [0.4, 0.5) is 0 Å². The van der Waals surface area contributed by atoms with Crippen LogP contribution in [0, 0.1) is 0 Å². The van der Waals surface area contributed by atoms with E-state index in [4.69, 9.17) is 4.74 Å². The van der Waals surface area contributed by atoms with E-state index >= 15 is 0 Å². The Kier molecular flexibility index (Phi) is 1.91. The average Bonchev–Trinajstić information content (AvgIpc) is 2.02. The largest absolute Gasteiger partial charge is 0.381 e. The second-order valence-corrected chi connectivity index (χ2v) is 2.93. The topological polar surface area (TPSA) is 9.23 Å². The standard InChI is InChI=1S/C10H12O/c1-2-9-4-6-11-7-5-10(3-1)8-9/h1-3,8H,4-7H2. The molecule has 0 fully saturated rings. The molecule has 0 atom stereocenters. The highest BCUT2D eigenvalue weighted by Crippen LogP contribution is 2.09. The van der Waals surface area contributed by atoms with Crippen molar-refractivity contribution < 1.29 is 4.74 Å². The van der Waals surface area contributed by atoms with E-state index in [9.17, 15) is 0 Å². The normalized spacial score (nSPS) is 17.1. The Labute approximate surface area is 67.0 Å². The Balaban J connectivity index is 2.30. The third-order valence-electron chi connectivity index (χ3n) is 2.06. The lowest BCUT2D eigenvalue weighted by atomic mass is 10.1. The highest BCUT2D eigenvalue weighted by atomic mass is 16.5. The summed E-state index contributed by atoms with van der Waals surface area (Å²) in [5, 5.41) is 0. The summed E-state index contributed by atoms with van der Waals surface area (Å²) in [5.74, 6) is 0. The lowest BCUT2D eigenvalue weighted by Gasteiger charge is -2.10. The van der Waals surface area contributed by atoms with Crippen molar-refractivity contribution >= 4 is 0 Å². The summed E-state index contributed by atoms with van der Waals surface area (Å²) >= 11 is 0. The Morgan fingerprint density at radius 1 is 1.00 bits per heavy atom. The van der Waals surface area contributed by atoms with E-state index in [-0.39, 0.29) is 0 Å². The number of hydrogen-bond donors (Lipinski definition) is 0. The van der Waals surface area contributed by atoms with Crippen molar-refractivity contribution in [3.8, 4) is 0 Å². The van der Waals surface area contributed by atoms with Crippen molar-refractivity contribution in [3.63, 3.8) is 0 Å². The maximum Gasteiger partial charge on any atom is 0.0506 e. The van der Waals surface area contributed by atoms with Gasteiger partial charge in [0.05, 0.1) is 13.2 Å². The number of benzene rings is 1. The van der Waals surface area contributed by atoms with E-state index in [2.05, 4.69) is 24.3 Å². The van der Waals surface area contributed by atoms with E-state index < -0.39 is 0 Å². The lowest BCUT2D eigenvalue weighted by molar-refractivity contribution is 0.138. The molecule has 1 aromatic carbocycles. The molecule has 2 rings (SSSR count). The highest BCUT2D eigenvalue weighted by Gasteiger charge is 2.00. The van der Waals surface area contributed by atoms with Crippen LogP contribution in [0.25, 0.3) is 0 Å². The van der Waals surface area contributed by atoms with E-state index in [1.54, 1.807) is 0 Å². The predicted octanol–water partition coefficient (Wildman–Crippen LogP) is 1.80. The first kappa shape index (κ1) is 6.86. The summed E-state index contributed by atoms with van der Waals surface area (Å²) in [6.45, 7) is 1.76. The monoisotopic (exact) mass is 148 g/mol. The van der Waals surface area contributed by atoms with Gasteiger partial charge in [-0.1, -0.05) is 24.3 Å². The van der Waals surface area contributed by atoms with Gasteiger partial charge in [0.1, 0.15) is 0 Å². The molecule has 0 radical (unpaired) electrons. The van der Waals surface area contributed by atoms with E-state index in [0.717, 1.165) is 26.1 Å². The summed E-state index contributed by atoms with van der Waals surface area (Å²) < 4.78 is 5.40. The number of fused-ring (bicyclic) bond motifs is 2. The van der Waals surface area contributed by atoms with Gasteiger partial charge in [-0.15, -0.1) is 0 Å². The van der Waals surface area contributed by atoms with Crippen LogP contribution in [0.2, 0.25) is 0 Å². The molecular formula is C10H12O. The third-order valence-corrected chi connectivity index (χ3v) is 2.06. The van der Waals surface area contributed by atoms with Gasteiger partial charge >= 0.3 is 0 Å². The minimum absolute atomic E-state index is 0.878. The molecule has 2 bridgehead atoms. The Morgan fingerprint density at radius 2 is 1.64 bits per heavy atom. The van der Waals surface area contributed by atoms with Gasteiger partial charge < -0.3 is 4.74 Å². The Morgan fingerprint density at radius 3 is 2.27 bits per heavy atom. The van der Waals surface area contributed by atoms with Crippen LogP contribution in [0.5, 0.6) is 0 Å². The molecule has 0 spiro atoms. The quantitative estimate of drug-likeness (QED) is 0.545. The van der Waals surface area contributed by atoms with Crippen LogP contribution in [-0.4, -0.2) is 13.2 Å². The van der Waals surface area contributed by atoms with E-state index in [1.165, 1.54) is 11.1 Å². The van der Waals surface area contributed by atoms with Crippen LogP contribution in [-0.2, 0) is 17.6 Å². The second kappa shape index (κ2) is 3.05. The van der Waals surface area contributed by atoms with E-state index in [0.29, 0.717) is 0 Å². The van der Waals surface area contributed by atoms with Gasteiger partial charge in [0, 0.05) is 0 Å². The van der Waals surface area contributed by atoms with Crippen LogP contribution >= 0.6 is 0 Å². The highest BCUT2D eigenvalue weighted by molar-refractivity contribution is 5.24. The van der Waals surface area contributed by atoms with Gasteiger partial charge in [0.2, 0.25) is 0 Å². The summed E-state index contributed by atoms with van der Waals surface area (Å²) in [7, 11) is 0. The molecule has 1 nitrogen and oxygen atoms in total. The first-order valence-electron chi connectivity index (χ1n) is 4.11. The Bertz CT molecular complexity index is 221. The average molecular weight is 148 g/mol. The molecule has 1 heterocycles. The molecule has 0 aliphatic carbocycles. The SMILES string of the molecule is c1cc2cc(c1)CCOCC2. The molecule has 1 heteroatoms. The molecule has 1 aliphatic heterocycles. The van der Waals surface area contributed by atoms with Crippen molar-refractivity contribution in [1.29, 1.82) is 0 Å². The minimum Gasteiger partial charge on any atom is -0.381 e. The van der Waals surface area contributed by atoms with Crippen molar-refractivity contribution in [2.24, 2.45) is 0 Å². The molecule has 1 aromatic rings. The fraction of sp³-hybridized carbons (Fsp3) is 0.400. The summed E-state index contributed by atoms with van der Waals surface area (Å²) in [6, 6.07) is 8.74. The van der Waals surface area contributed by atoms with Gasteiger partial charge in [0.15, 0.2) is 0 Å². The zero-order valence-corrected chi connectivity index (χ0v) is 6.55. The number of rotatable bonds is 0.